The van der Waals surface area contributed by atoms with E-state index in [0.29, 0.717) is 22.5 Å². The van der Waals surface area contributed by atoms with Crippen LogP contribution in [0.1, 0.15) is 11.1 Å². The van der Waals surface area contributed by atoms with Crippen molar-refractivity contribution in [3.8, 4) is 6.07 Å². The number of benzene rings is 3. The predicted octanol–water partition coefficient (Wildman–Crippen LogP) is 6.12. The highest BCUT2D eigenvalue weighted by atomic mass is 32.2. The molecule has 26 heavy (non-hydrogen) atoms. The molecule has 0 aliphatic carbocycles. The first-order chi connectivity index (χ1) is 12.8. The number of nitriles is 1. The minimum Gasteiger partial charge on any atom is -0.248 e. The SMILES string of the molecule is N#Cc1ccc(/N=C(\C=CSc2ccccc2)c2ccccc2F)cc1. The lowest BCUT2D eigenvalue weighted by atomic mass is 10.1. The summed E-state index contributed by atoms with van der Waals surface area (Å²) in [6.45, 7) is 0. The summed E-state index contributed by atoms with van der Waals surface area (Å²) in [5.74, 6) is -0.325. The van der Waals surface area contributed by atoms with Crippen molar-refractivity contribution in [3.63, 3.8) is 0 Å². The lowest BCUT2D eigenvalue weighted by Gasteiger charge is -2.04. The Morgan fingerprint density at radius 3 is 2.31 bits per heavy atom. The summed E-state index contributed by atoms with van der Waals surface area (Å²) in [7, 11) is 0. The number of nitrogens with zero attached hydrogens (tertiary/aromatic N) is 2. The molecule has 0 spiro atoms. The normalized spacial score (nSPS) is 11.5. The van der Waals surface area contributed by atoms with Crippen LogP contribution >= 0.6 is 11.8 Å². The average Bonchev–Trinajstić information content (AvgIpc) is 2.69. The van der Waals surface area contributed by atoms with Gasteiger partial charge in [0.2, 0.25) is 0 Å². The van der Waals surface area contributed by atoms with Crippen LogP contribution in [0, 0.1) is 17.1 Å². The van der Waals surface area contributed by atoms with E-state index in [4.69, 9.17) is 5.26 Å². The van der Waals surface area contributed by atoms with Crippen molar-refractivity contribution in [2.45, 2.75) is 4.90 Å². The van der Waals surface area contributed by atoms with Crippen molar-refractivity contribution < 1.29 is 4.39 Å². The third-order valence-electron chi connectivity index (χ3n) is 3.57. The van der Waals surface area contributed by atoms with Crippen molar-refractivity contribution in [2.24, 2.45) is 4.99 Å². The Labute approximate surface area is 156 Å². The molecule has 3 rings (SSSR count). The molecule has 0 aromatic heterocycles. The maximum Gasteiger partial charge on any atom is 0.132 e. The molecule has 0 unspecified atom stereocenters. The number of allylic oxidation sites excluding steroid dienone is 1. The van der Waals surface area contributed by atoms with Gasteiger partial charge >= 0.3 is 0 Å². The highest BCUT2D eigenvalue weighted by molar-refractivity contribution is 8.02. The van der Waals surface area contributed by atoms with E-state index in [2.05, 4.69) is 11.1 Å². The van der Waals surface area contributed by atoms with Crippen molar-refractivity contribution in [2.75, 3.05) is 0 Å². The van der Waals surface area contributed by atoms with Gasteiger partial charge < -0.3 is 0 Å². The van der Waals surface area contributed by atoms with Crippen LogP contribution in [-0.4, -0.2) is 5.71 Å². The smallest absolute Gasteiger partial charge is 0.132 e. The van der Waals surface area contributed by atoms with Crippen LogP contribution in [-0.2, 0) is 0 Å². The molecule has 4 heteroatoms. The largest absolute Gasteiger partial charge is 0.248 e. The predicted molar refractivity (Wildman–Crippen MR) is 105 cm³/mol. The van der Waals surface area contributed by atoms with Gasteiger partial charge in [0.15, 0.2) is 0 Å². The second-order valence-electron chi connectivity index (χ2n) is 5.37. The number of rotatable bonds is 5. The zero-order chi connectivity index (χ0) is 18.2. The molecular formula is C22H15FN2S. The molecule has 0 aliphatic heterocycles. The van der Waals surface area contributed by atoms with E-state index in [1.807, 2.05) is 35.7 Å². The summed E-state index contributed by atoms with van der Waals surface area (Å²) in [6, 6.07) is 25.4. The van der Waals surface area contributed by atoms with E-state index in [1.54, 1.807) is 48.5 Å². The molecule has 126 valence electrons. The van der Waals surface area contributed by atoms with Crippen LogP contribution in [0.2, 0.25) is 0 Å². The second-order valence-corrected chi connectivity index (χ2v) is 6.35. The minimum atomic E-state index is -0.325. The van der Waals surface area contributed by atoms with Gasteiger partial charge in [-0.3, -0.25) is 0 Å². The standard InChI is InChI=1S/C22H15FN2S/c23-21-9-5-4-8-20(21)22(14-15-26-19-6-2-1-3-7-19)25-18-12-10-17(16-24)11-13-18/h1-15H/b15-14?,25-22+. The van der Waals surface area contributed by atoms with Crippen LogP contribution in [0.5, 0.6) is 0 Å². The highest BCUT2D eigenvalue weighted by Crippen LogP contribution is 2.21. The van der Waals surface area contributed by atoms with E-state index in [1.165, 1.54) is 17.8 Å². The lowest BCUT2D eigenvalue weighted by molar-refractivity contribution is 0.625. The summed E-state index contributed by atoms with van der Waals surface area (Å²) in [6.07, 6.45) is 1.80. The first-order valence-electron chi connectivity index (χ1n) is 7.98. The molecule has 0 radical (unpaired) electrons. The van der Waals surface area contributed by atoms with E-state index in [-0.39, 0.29) is 5.82 Å². The van der Waals surface area contributed by atoms with Crippen LogP contribution < -0.4 is 0 Å². The van der Waals surface area contributed by atoms with Gasteiger partial charge in [-0.05, 0) is 60.0 Å². The van der Waals surface area contributed by atoms with E-state index in [0.717, 1.165) is 4.90 Å². The number of thioether (sulfide) groups is 1. The van der Waals surface area contributed by atoms with Crippen LogP contribution in [0.3, 0.4) is 0 Å². The van der Waals surface area contributed by atoms with Crippen LogP contribution in [0.25, 0.3) is 0 Å². The van der Waals surface area contributed by atoms with Crippen molar-refractivity contribution in [1.29, 1.82) is 5.26 Å². The summed E-state index contributed by atoms with van der Waals surface area (Å²) in [4.78, 5) is 5.66. The van der Waals surface area contributed by atoms with Crippen molar-refractivity contribution in [1.82, 2.24) is 0 Å². The molecule has 0 aliphatic rings. The van der Waals surface area contributed by atoms with E-state index in [9.17, 15) is 4.39 Å². The Bertz CT molecular complexity index is 971. The Hall–Kier alpha value is -3.16. The molecule has 0 saturated carbocycles. The summed E-state index contributed by atoms with van der Waals surface area (Å²) >= 11 is 1.54. The minimum absolute atomic E-state index is 0.325. The fourth-order valence-corrected chi connectivity index (χ4v) is 2.95. The quantitative estimate of drug-likeness (QED) is 0.407. The highest BCUT2D eigenvalue weighted by Gasteiger charge is 2.07. The summed E-state index contributed by atoms with van der Waals surface area (Å²) < 4.78 is 14.2. The molecule has 0 atom stereocenters. The fraction of sp³-hybridized carbons (Fsp3) is 0. The zero-order valence-electron chi connectivity index (χ0n) is 13.8. The molecule has 0 bridgehead atoms. The molecule has 3 aromatic carbocycles. The van der Waals surface area contributed by atoms with Gasteiger partial charge in [0.25, 0.3) is 0 Å². The van der Waals surface area contributed by atoms with E-state index >= 15 is 0 Å². The first-order valence-corrected chi connectivity index (χ1v) is 8.86. The van der Waals surface area contributed by atoms with Crippen molar-refractivity contribution >= 4 is 23.2 Å². The molecule has 3 aromatic rings. The van der Waals surface area contributed by atoms with Gasteiger partial charge in [0.1, 0.15) is 5.82 Å². The Morgan fingerprint density at radius 1 is 0.923 bits per heavy atom. The molecule has 0 fully saturated rings. The Balaban J connectivity index is 1.92. The third-order valence-corrected chi connectivity index (χ3v) is 4.39. The monoisotopic (exact) mass is 358 g/mol. The van der Waals surface area contributed by atoms with Gasteiger partial charge in [0, 0.05) is 10.5 Å². The Morgan fingerprint density at radius 2 is 1.62 bits per heavy atom. The molecule has 0 heterocycles. The van der Waals surface area contributed by atoms with Gasteiger partial charge in [-0.2, -0.15) is 5.26 Å². The van der Waals surface area contributed by atoms with Gasteiger partial charge in [0.05, 0.1) is 23.0 Å². The van der Waals surface area contributed by atoms with Crippen LogP contribution in [0.4, 0.5) is 10.1 Å². The van der Waals surface area contributed by atoms with Crippen LogP contribution in [0.15, 0.2) is 100 Å². The summed E-state index contributed by atoms with van der Waals surface area (Å²) in [5, 5.41) is 10.8. The number of hydrogen-bond donors (Lipinski definition) is 0. The Kier molecular flexibility index (Phi) is 5.97. The van der Waals surface area contributed by atoms with Gasteiger partial charge in [-0.25, -0.2) is 9.38 Å². The third kappa shape index (κ3) is 4.69. The van der Waals surface area contributed by atoms with Gasteiger partial charge in [-0.15, -0.1) is 0 Å². The number of halogens is 1. The van der Waals surface area contributed by atoms with Gasteiger partial charge in [-0.1, -0.05) is 42.1 Å². The molecule has 0 amide bonds. The summed E-state index contributed by atoms with van der Waals surface area (Å²) in [5.41, 5.74) is 2.18. The maximum atomic E-state index is 14.2. The lowest BCUT2D eigenvalue weighted by Crippen LogP contribution is -1.99. The first kappa shape index (κ1) is 17.7. The topological polar surface area (TPSA) is 36.1 Å². The number of hydrogen-bond acceptors (Lipinski definition) is 3. The molecular weight excluding hydrogens is 343 g/mol. The van der Waals surface area contributed by atoms with E-state index < -0.39 is 0 Å². The number of aliphatic imine (C=N–C) groups is 1. The molecule has 0 saturated heterocycles. The molecule has 0 N–H and O–H groups in total. The zero-order valence-corrected chi connectivity index (χ0v) is 14.7. The maximum absolute atomic E-state index is 14.2. The molecule has 2 nitrogen and oxygen atoms in total. The fourth-order valence-electron chi connectivity index (χ4n) is 2.28. The second kappa shape index (κ2) is 8.80. The average molecular weight is 358 g/mol. The van der Waals surface area contributed by atoms with Crippen molar-refractivity contribution in [3.05, 3.63) is 107 Å².